The molecule has 0 saturated heterocycles. The van der Waals surface area contributed by atoms with Crippen molar-refractivity contribution in [2.24, 2.45) is 11.7 Å². The lowest BCUT2D eigenvalue weighted by Crippen LogP contribution is -2.39. The second kappa shape index (κ2) is 6.52. The molecule has 5 heteroatoms. The summed E-state index contributed by atoms with van der Waals surface area (Å²) in [6.45, 7) is 5.20. The Morgan fingerprint density at radius 3 is 2.90 bits per heavy atom. The molecule has 0 saturated carbocycles. The normalized spacial score (nSPS) is 14.2. The van der Waals surface area contributed by atoms with Crippen LogP contribution in [-0.4, -0.2) is 28.0 Å². The van der Waals surface area contributed by atoms with E-state index in [-0.39, 0.29) is 17.9 Å². The molecule has 0 bridgehead atoms. The molecule has 0 aliphatic carbocycles. The number of carbonyl (C=O) groups excluding carboxylic acids is 1. The maximum absolute atomic E-state index is 11.7. The van der Waals surface area contributed by atoms with Crippen molar-refractivity contribution in [2.45, 2.75) is 32.9 Å². The van der Waals surface area contributed by atoms with Crippen molar-refractivity contribution in [3.8, 4) is 0 Å². The average molecular weight is 274 g/mol. The lowest BCUT2D eigenvalue weighted by molar-refractivity contribution is -0.124. The molecule has 2 aromatic rings. The Morgan fingerprint density at radius 1 is 1.40 bits per heavy atom. The van der Waals surface area contributed by atoms with Gasteiger partial charge in [0.15, 0.2) is 0 Å². The largest absolute Gasteiger partial charge is 0.356 e. The average Bonchev–Trinajstić information content (AvgIpc) is 2.85. The van der Waals surface area contributed by atoms with Gasteiger partial charge in [-0.3, -0.25) is 4.79 Å². The minimum Gasteiger partial charge on any atom is -0.356 e. The van der Waals surface area contributed by atoms with Crippen LogP contribution in [0.5, 0.6) is 0 Å². The van der Waals surface area contributed by atoms with Gasteiger partial charge in [0, 0.05) is 25.0 Å². The summed E-state index contributed by atoms with van der Waals surface area (Å²) in [7, 11) is 0. The smallest absolute Gasteiger partial charge is 0.224 e. The summed E-state index contributed by atoms with van der Waals surface area (Å²) >= 11 is 0. The number of benzene rings is 1. The van der Waals surface area contributed by atoms with Crippen LogP contribution in [0.1, 0.15) is 20.3 Å². The number of rotatable bonds is 6. The van der Waals surface area contributed by atoms with E-state index in [1.807, 2.05) is 38.4 Å². The zero-order valence-corrected chi connectivity index (χ0v) is 12.0. The van der Waals surface area contributed by atoms with Crippen LogP contribution in [0.4, 0.5) is 0 Å². The second-order valence-corrected chi connectivity index (χ2v) is 5.22. The number of nitrogens with two attached hydrogens (primary N) is 1. The first-order chi connectivity index (χ1) is 9.59. The molecule has 1 aromatic carbocycles. The highest BCUT2D eigenvalue weighted by molar-refractivity contribution is 5.78. The number of hydrogen-bond donors (Lipinski definition) is 2. The van der Waals surface area contributed by atoms with E-state index >= 15 is 0 Å². The molecule has 108 valence electrons. The van der Waals surface area contributed by atoms with E-state index in [1.165, 1.54) is 0 Å². The lowest BCUT2D eigenvalue weighted by Gasteiger charge is -2.15. The fourth-order valence-electron chi connectivity index (χ4n) is 2.05. The highest BCUT2D eigenvalue weighted by atomic mass is 16.1. The Bertz CT molecular complexity index is 576. The molecule has 1 aromatic heterocycles. The van der Waals surface area contributed by atoms with Crippen molar-refractivity contribution in [2.75, 3.05) is 6.54 Å². The zero-order valence-electron chi connectivity index (χ0n) is 12.0. The van der Waals surface area contributed by atoms with Gasteiger partial charge in [-0.25, -0.2) is 4.98 Å². The van der Waals surface area contributed by atoms with Gasteiger partial charge < -0.3 is 15.6 Å². The van der Waals surface area contributed by atoms with Crippen molar-refractivity contribution >= 4 is 16.9 Å². The fraction of sp³-hybridized carbons (Fsp3) is 0.467. The number of amides is 1. The van der Waals surface area contributed by atoms with Crippen LogP contribution in [-0.2, 0) is 11.3 Å². The molecule has 0 spiro atoms. The van der Waals surface area contributed by atoms with Gasteiger partial charge in [0.05, 0.1) is 17.4 Å². The highest BCUT2D eigenvalue weighted by Gasteiger charge is 2.15. The van der Waals surface area contributed by atoms with Crippen molar-refractivity contribution < 1.29 is 4.79 Å². The Kier molecular flexibility index (Phi) is 4.74. The number of nitrogens with zero attached hydrogens (tertiary/aromatic N) is 2. The molecule has 5 nitrogen and oxygen atoms in total. The Morgan fingerprint density at radius 2 is 2.15 bits per heavy atom. The van der Waals surface area contributed by atoms with Crippen LogP contribution in [0.3, 0.4) is 0 Å². The molecule has 0 radical (unpaired) electrons. The number of fused-ring (bicyclic) bond motifs is 1. The molecule has 1 amide bonds. The summed E-state index contributed by atoms with van der Waals surface area (Å²) in [5.41, 5.74) is 7.84. The summed E-state index contributed by atoms with van der Waals surface area (Å²) in [6.07, 6.45) is 2.72. The van der Waals surface area contributed by atoms with Crippen molar-refractivity contribution in [3.63, 3.8) is 0 Å². The van der Waals surface area contributed by atoms with Crippen LogP contribution in [0.2, 0.25) is 0 Å². The van der Waals surface area contributed by atoms with Crippen molar-refractivity contribution in [1.82, 2.24) is 14.9 Å². The summed E-state index contributed by atoms with van der Waals surface area (Å²) in [5.74, 6) is -0.125. The molecule has 3 N–H and O–H groups in total. The van der Waals surface area contributed by atoms with E-state index in [0.29, 0.717) is 6.54 Å². The van der Waals surface area contributed by atoms with Gasteiger partial charge in [-0.1, -0.05) is 19.1 Å². The first-order valence-corrected chi connectivity index (χ1v) is 7.02. The minimum absolute atomic E-state index is 0.0236. The molecule has 2 atom stereocenters. The van der Waals surface area contributed by atoms with Crippen LogP contribution < -0.4 is 11.1 Å². The van der Waals surface area contributed by atoms with E-state index in [9.17, 15) is 4.79 Å². The third-order valence-corrected chi connectivity index (χ3v) is 3.60. The Labute approximate surface area is 119 Å². The predicted octanol–water partition coefficient (Wildman–Crippen LogP) is 1.53. The summed E-state index contributed by atoms with van der Waals surface area (Å²) in [5, 5.41) is 2.92. The van der Waals surface area contributed by atoms with E-state index < -0.39 is 0 Å². The number of nitrogens with one attached hydrogen (secondary N) is 1. The topological polar surface area (TPSA) is 72.9 Å². The maximum atomic E-state index is 11.7. The van der Waals surface area contributed by atoms with Crippen molar-refractivity contribution in [3.05, 3.63) is 30.6 Å². The van der Waals surface area contributed by atoms with Gasteiger partial charge in [-0.2, -0.15) is 0 Å². The summed E-state index contributed by atoms with van der Waals surface area (Å²) in [6, 6.07) is 7.92. The fourth-order valence-corrected chi connectivity index (χ4v) is 2.05. The molecule has 20 heavy (non-hydrogen) atoms. The molecular formula is C15H22N4O. The molecule has 2 unspecified atom stereocenters. The van der Waals surface area contributed by atoms with Crippen LogP contribution in [0.15, 0.2) is 30.6 Å². The number of para-hydroxylation sites is 2. The number of carbonyl (C=O) groups is 1. The van der Waals surface area contributed by atoms with E-state index in [2.05, 4.69) is 20.9 Å². The minimum atomic E-state index is -0.149. The zero-order chi connectivity index (χ0) is 14.5. The summed E-state index contributed by atoms with van der Waals surface area (Å²) < 4.78 is 2.11. The highest BCUT2D eigenvalue weighted by Crippen LogP contribution is 2.11. The third-order valence-electron chi connectivity index (χ3n) is 3.60. The predicted molar refractivity (Wildman–Crippen MR) is 80.2 cm³/mol. The lowest BCUT2D eigenvalue weighted by atomic mass is 10.0. The monoisotopic (exact) mass is 274 g/mol. The van der Waals surface area contributed by atoms with Gasteiger partial charge in [0.1, 0.15) is 0 Å². The van der Waals surface area contributed by atoms with Gasteiger partial charge >= 0.3 is 0 Å². The van der Waals surface area contributed by atoms with E-state index in [1.54, 1.807) is 0 Å². The maximum Gasteiger partial charge on any atom is 0.224 e. The molecule has 1 heterocycles. The van der Waals surface area contributed by atoms with Gasteiger partial charge in [0.25, 0.3) is 0 Å². The SMILES string of the molecule is CC(N)C(C)C(=O)NCCCn1cnc2ccccc21. The van der Waals surface area contributed by atoms with Crippen LogP contribution in [0.25, 0.3) is 11.0 Å². The number of imidazole rings is 1. The van der Waals surface area contributed by atoms with Crippen LogP contribution >= 0.6 is 0 Å². The molecule has 2 rings (SSSR count). The van der Waals surface area contributed by atoms with Crippen LogP contribution in [0, 0.1) is 5.92 Å². The quantitative estimate of drug-likeness (QED) is 0.785. The van der Waals surface area contributed by atoms with E-state index in [4.69, 9.17) is 5.73 Å². The number of aryl methyl sites for hydroxylation is 1. The first-order valence-electron chi connectivity index (χ1n) is 7.02. The van der Waals surface area contributed by atoms with E-state index in [0.717, 1.165) is 24.0 Å². The first kappa shape index (κ1) is 14.5. The molecule has 0 fully saturated rings. The van der Waals surface area contributed by atoms with Gasteiger partial charge in [-0.05, 0) is 25.5 Å². The Hall–Kier alpha value is -1.88. The third kappa shape index (κ3) is 3.36. The Balaban J connectivity index is 1.80. The molecule has 0 aliphatic rings. The molecule has 0 aliphatic heterocycles. The number of aromatic nitrogens is 2. The van der Waals surface area contributed by atoms with Gasteiger partial charge in [-0.15, -0.1) is 0 Å². The van der Waals surface area contributed by atoms with Gasteiger partial charge in [0.2, 0.25) is 5.91 Å². The van der Waals surface area contributed by atoms with Crippen molar-refractivity contribution in [1.29, 1.82) is 0 Å². The number of hydrogen-bond acceptors (Lipinski definition) is 3. The molecular weight excluding hydrogens is 252 g/mol. The summed E-state index contributed by atoms with van der Waals surface area (Å²) in [4.78, 5) is 16.1. The second-order valence-electron chi connectivity index (χ2n) is 5.22. The standard InChI is InChI=1S/C15H22N4O/c1-11(12(2)16)15(20)17-8-5-9-19-10-18-13-6-3-4-7-14(13)19/h3-4,6-7,10-12H,5,8-9,16H2,1-2H3,(H,17,20).